The molecule has 0 spiro atoms. The lowest BCUT2D eigenvalue weighted by Crippen LogP contribution is -2.56. The maximum atomic E-state index is 13.3. The number of ketones is 1. The number of hydrogen-bond acceptors (Lipinski definition) is 20. The standard InChI is InChI=1S/C58H85NO18.H2S2/c1-37-16-14-12-10-8-6-4-5-7-9-11-13-15-17-49(75-54-25-24-42(61)36-74-54)33-52-55(57(71)72)51(69)35-58(73,77-52)34-48(67)30-46(65)28-44(63)26-43(62)27-45(64)29-47(66)32-53(70)76-56(37)38(2)18-23-41(60)31-50(68)39-19-21-40(59-3)22-20-39;1-2/h4-17,19-22,37-38,41-49,51-52,54-56,59-67,69,73H,18,23-36H2,1-3H3,(H,71,72);1-2H/b5-4+,8-6+,9-7+,12-10+,13-11+,16-14+,17-15+;. The molecular weight excluding hydrogens is 1060 g/mol. The SMILES string of the molecule is CNc1ccc(C(=O)CC(O)CCC(C)C2OC(=O)CC(O)CC(O)CC(O)CC(O)CC(O)CC(O)CC3(O)CC(O)C(C(=O)O)C(CC(OC4CCC(O)CO4)/C=C/C=C/C=C/C=C/C=C/C=C/C=C/C2C)O3)cc1.SS. The Morgan fingerprint density at radius 1 is 0.709 bits per heavy atom. The summed E-state index contributed by atoms with van der Waals surface area (Å²) in [7, 11) is 1.77. The maximum Gasteiger partial charge on any atom is 0.311 e. The topological polar surface area (TPSA) is 323 Å². The van der Waals surface area contributed by atoms with Crippen LogP contribution < -0.4 is 5.32 Å². The first kappa shape index (κ1) is 69.3. The van der Waals surface area contributed by atoms with Crippen molar-refractivity contribution in [2.45, 2.75) is 189 Å². The first-order valence-corrected chi connectivity index (χ1v) is 28.6. The van der Waals surface area contributed by atoms with Gasteiger partial charge in [0.25, 0.3) is 0 Å². The van der Waals surface area contributed by atoms with Gasteiger partial charge in [-0.15, -0.1) is 23.3 Å². The van der Waals surface area contributed by atoms with E-state index in [1.54, 1.807) is 73.8 Å². The fourth-order valence-electron chi connectivity index (χ4n) is 9.86. The predicted molar refractivity (Wildman–Crippen MR) is 305 cm³/mol. The Kier molecular flexibility index (Phi) is 32.6. The first-order chi connectivity index (χ1) is 37.6. The van der Waals surface area contributed by atoms with Crippen LogP contribution in [0, 0.1) is 17.8 Å². The Hall–Kier alpha value is -4.01. The number of carboxylic acids is 1. The highest BCUT2D eigenvalue weighted by atomic mass is 33.1. The van der Waals surface area contributed by atoms with Crippen LogP contribution >= 0.6 is 23.3 Å². The van der Waals surface area contributed by atoms with E-state index in [1.807, 2.05) is 56.4 Å². The van der Waals surface area contributed by atoms with E-state index < -0.39 is 122 Å². The van der Waals surface area contributed by atoms with Crippen LogP contribution in [0.1, 0.15) is 114 Å². The predicted octanol–water partition coefficient (Wildman–Crippen LogP) is 5.00. The summed E-state index contributed by atoms with van der Waals surface area (Å²) in [6, 6.07) is 6.95. The first-order valence-electron chi connectivity index (χ1n) is 27.0. The molecule has 2 saturated heterocycles. The molecular formula is C58H87NO18S2. The number of aliphatic carboxylic acids is 1. The van der Waals surface area contributed by atoms with Gasteiger partial charge in [-0.1, -0.05) is 98.9 Å². The molecule has 3 aliphatic heterocycles. The molecule has 0 saturated carbocycles. The largest absolute Gasteiger partial charge is 0.481 e. The van der Waals surface area contributed by atoms with E-state index in [0.717, 1.165) is 5.69 Å². The van der Waals surface area contributed by atoms with Gasteiger partial charge in [-0.2, -0.15) is 0 Å². The molecule has 0 radical (unpaired) electrons. The number of allylic oxidation sites excluding steroid dienone is 12. The zero-order valence-electron chi connectivity index (χ0n) is 45.4. The van der Waals surface area contributed by atoms with E-state index in [4.69, 9.17) is 18.9 Å². The van der Waals surface area contributed by atoms with Gasteiger partial charge in [-0.05, 0) is 81.5 Å². The fraction of sp³-hybridized carbons (Fsp3) is 0.603. The monoisotopic (exact) mass is 1150 g/mol. The van der Waals surface area contributed by atoms with Crippen molar-refractivity contribution in [2.24, 2.45) is 17.8 Å². The Morgan fingerprint density at radius 3 is 1.75 bits per heavy atom. The number of aliphatic hydroxyl groups is 10. The Balaban J connectivity index is 0.00000810. The molecule has 12 N–H and O–H groups in total. The van der Waals surface area contributed by atoms with Crippen LogP contribution in [0.2, 0.25) is 0 Å². The quantitative estimate of drug-likeness (QED) is 0.0600. The van der Waals surface area contributed by atoms with Gasteiger partial charge in [0.15, 0.2) is 17.9 Å². The Bertz CT molecular complexity index is 2150. The highest BCUT2D eigenvalue weighted by molar-refractivity contribution is 8.59. The minimum atomic E-state index is -2.25. The molecule has 0 amide bonds. The summed E-state index contributed by atoms with van der Waals surface area (Å²) in [6.45, 7) is 3.77. The van der Waals surface area contributed by atoms with Crippen LogP contribution in [0.15, 0.2) is 109 Å². The Morgan fingerprint density at radius 2 is 1.23 bits per heavy atom. The minimum absolute atomic E-state index is 0.0303. The third-order valence-corrected chi connectivity index (χ3v) is 13.9. The lowest BCUT2D eigenvalue weighted by atomic mass is 9.82. The van der Waals surface area contributed by atoms with E-state index in [0.29, 0.717) is 24.8 Å². The highest BCUT2D eigenvalue weighted by Crippen LogP contribution is 2.38. The molecule has 0 aliphatic carbocycles. The molecule has 2 bridgehead atoms. The molecule has 21 heteroatoms. The second-order valence-electron chi connectivity index (χ2n) is 20.8. The summed E-state index contributed by atoms with van der Waals surface area (Å²) in [6.07, 6.45) is 7.77. The third-order valence-electron chi connectivity index (χ3n) is 13.9. The van der Waals surface area contributed by atoms with Crippen molar-refractivity contribution in [3.05, 3.63) is 115 Å². The lowest BCUT2D eigenvalue weighted by molar-refractivity contribution is -0.303. The molecule has 1 aromatic carbocycles. The average molecular weight is 1150 g/mol. The van der Waals surface area contributed by atoms with Crippen LogP contribution in [-0.4, -0.2) is 173 Å². The summed E-state index contributed by atoms with van der Waals surface area (Å²) in [5.41, 5.74) is 1.33. The molecule has 79 heavy (non-hydrogen) atoms. The number of thiol groups is 2. The molecule has 17 unspecified atom stereocenters. The molecule has 0 aromatic heterocycles. The molecule has 17 atom stereocenters. The number of anilines is 1. The van der Waals surface area contributed by atoms with Crippen molar-refractivity contribution in [1.29, 1.82) is 0 Å². The maximum absolute atomic E-state index is 13.3. The number of nitrogens with one attached hydrogen (secondary N) is 1. The van der Waals surface area contributed by atoms with Crippen LogP contribution in [0.5, 0.6) is 0 Å². The van der Waals surface area contributed by atoms with Gasteiger partial charge in [0, 0.05) is 56.3 Å². The molecule has 2 fully saturated rings. The number of aliphatic hydroxyl groups excluding tert-OH is 9. The van der Waals surface area contributed by atoms with E-state index in [-0.39, 0.29) is 75.6 Å². The van der Waals surface area contributed by atoms with Gasteiger partial charge in [-0.25, -0.2) is 0 Å². The minimum Gasteiger partial charge on any atom is -0.481 e. The van der Waals surface area contributed by atoms with Crippen molar-refractivity contribution >= 4 is 46.7 Å². The van der Waals surface area contributed by atoms with Gasteiger partial charge < -0.3 is 80.4 Å². The van der Waals surface area contributed by atoms with E-state index in [1.165, 1.54) is 0 Å². The van der Waals surface area contributed by atoms with Gasteiger partial charge in [0.1, 0.15) is 12.0 Å². The number of fused-ring (bicyclic) bond motifs is 2. The number of ether oxygens (including phenoxy) is 4. The van der Waals surface area contributed by atoms with Crippen LogP contribution in [0.4, 0.5) is 5.69 Å². The molecule has 4 rings (SSSR count). The normalized spacial score (nSPS) is 36.2. The fourth-order valence-corrected chi connectivity index (χ4v) is 9.86. The van der Waals surface area contributed by atoms with E-state index in [9.17, 15) is 70.6 Å². The second-order valence-corrected chi connectivity index (χ2v) is 20.8. The van der Waals surface area contributed by atoms with Crippen molar-refractivity contribution < 1.29 is 89.5 Å². The number of carbonyl (C=O) groups excluding carboxylic acids is 2. The number of esters is 1. The number of carboxylic acid groups (broad SMARTS) is 1. The van der Waals surface area contributed by atoms with Gasteiger partial charge in [-0.3, -0.25) is 14.4 Å². The summed E-state index contributed by atoms with van der Waals surface area (Å²) >= 11 is 6.44. The van der Waals surface area contributed by atoms with Gasteiger partial charge in [0.2, 0.25) is 0 Å². The van der Waals surface area contributed by atoms with Crippen LogP contribution in [0.25, 0.3) is 0 Å². The van der Waals surface area contributed by atoms with Gasteiger partial charge in [0.05, 0.1) is 80.2 Å². The third kappa shape index (κ3) is 27.1. The van der Waals surface area contributed by atoms with E-state index >= 15 is 0 Å². The van der Waals surface area contributed by atoms with Crippen LogP contribution in [0.3, 0.4) is 0 Å². The number of benzene rings is 1. The number of carbonyl (C=O) groups is 3. The second kappa shape index (κ2) is 37.2. The molecule has 3 heterocycles. The van der Waals surface area contributed by atoms with Crippen molar-refractivity contribution in [2.75, 3.05) is 19.0 Å². The number of cyclic esters (lactones) is 1. The van der Waals surface area contributed by atoms with E-state index in [2.05, 4.69) is 28.6 Å². The summed E-state index contributed by atoms with van der Waals surface area (Å²) in [4.78, 5) is 38.7. The highest BCUT2D eigenvalue weighted by Gasteiger charge is 2.50. The van der Waals surface area contributed by atoms with Crippen LogP contribution in [-0.2, 0) is 28.5 Å². The molecule has 444 valence electrons. The number of rotatable bonds is 11. The number of hydrogen-bond donors (Lipinski definition) is 14. The summed E-state index contributed by atoms with van der Waals surface area (Å²) < 4.78 is 23.8. The molecule has 3 aliphatic rings. The van der Waals surface area contributed by atoms with Crippen molar-refractivity contribution in [3.63, 3.8) is 0 Å². The summed E-state index contributed by atoms with van der Waals surface area (Å²) in [5.74, 6) is -6.70. The number of Topliss-reactive ketones (excluding diaryl/α,β-unsaturated/α-hetero) is 1. The lowest BCUT2D eigenvalue weighted by Gasteiger charge is -2.44. The zero-order chi connectivity index (χ0) is 58.5. The molecule has 1 aromatic rings. The van der Waals surface area contributed by atoms with Crippen molar-refractivity contribution in [3.8, 4) is 0 Å². The summed E-state index contributed by atoms with van der Waals surface area (Å²) in [5, 5.41) is 122. The van der Waals surface area contributed by atoms with Crippen molar-refractivity contribution in [1.82, 2.24) is 0 Å². The molecule has 19 nitrogen and oxygen atoms in total. The van der Waals surface area contributed by atoms with Gasteiger partial charge >= 0.3 is 11.9 Å². The average Bonchev–Trinajstić information content (AvgIpc) is 3.41. The zero-order valence-corrected chi connectivity index (χ0v) is 47.2. The smallest absolute Gasteiger partial charge is 0.311 e. The Labute approximate surface area is 475 Å².